The highest BCUT2D eigenvalue weighted by Gasteiger charge is 2.15. The summed E-state index contributed by atoms with van der Waals surface area (Å²) >= 11 is 3.51. The molecule has 36 heavy (non-hydrogen) atoms. The van der Waals surface area contributed by atoms with E-state index in [1.165, 1.54) is 30.9 Å². The first-order chi connectivity index (χ1) is 17.3. The minimum atomic E-state index is -0.590. The van der Waals surface area contributed by atoms with Crippen LogP contribution in [0.1, 0.15) is 34.0 Å². The molecule has 0 fully saturated rings. The molecule has 7 nitrogen and oxygen atoms in total. The molecule has 3 rings (SSSR count). The van der Waals surface area contributed by atoms with Gasteiger partial charge in [0.25, 0.3) is 5.91 Å². The number of hydrogen-bond donors (Lipinski definition) is 1. The van der Waals surface area contributed by atoms with Crippen LogP contribution in [0.2, 0.25) is 0 Å². The first-order valence-electron chi connectivity index (χ1n) is 11.1. The molecule has 0 saturated carbocycles. The summed E-state index contributed by atoms with van der Waals surface area (Å²) in [5, 5.41) is 12.3. The molecule has 0 radical (unpaired) electrons. The van der Waals surface area contributed by atoms with Gasteiger partial charge in [-0.3, -0.25) is 4.79 Å². The van der Waals surface area contributed by atoms with Crippen molar-refractivity contribution in [2.45, 2.75) is 20.5 Å². The lowest BCUT2D eigenvalue weighted by molar-refractivity contribution is -0.112. The third kappa shape index (κ3) is 6.96. The van der Waals surface area contributed by atoms with Gasteiger partial charge in [-0.2, -0.15) is 5.26 Å². The van der Waals surface area contributed by atoms with Crippen molar-refractivity contribution in [2.75, 3.05) is 19.0 Å². The van der Waals surface area contributed by atoms with Gasteiger partial charge in [-0.15, -0.1) is 0 Å². The molecule has 0 aliphatic rings. The van der Waals surface area contributed by atoms with Crippen LogP contribution in [0.4, 0.5) is 5.69 Å². The van der Waals surface area contributed by atoms with E-state index in [0.717, 1.165) is 5.56 Å². The van der Waals surface area contributed by atoms with Crippen LogP contribution >= 0.6 is 15.9 Å². The molecule has 1 amide bonds. The topological polar surface area (TPSA) is 97.7 Å². The Hall–Kier alpha value is -4.09. The normalized spacial score (nSPS) is 10.8. The summed E-state index contributed by atoms with van der Waals surface area (Å²) < 4.78 is 17.0. The van der Waals surface area contributed by atoms with Crippen molar-refractivity contribution in [3.8, 4) is 17.6 Å². The van der Waals surface area contributed by atoms with E-state index in [2.05, 4.69) is 26.0 Å². The molecule has 0 unspecified atom stereocenters. The van der Waals surface area contributed by atoms with E-state index in [1.807, 2.05) is 44.2 Å². The Bertz CT molecular complexity index is 1310. The Morgan fingerprint density at radius 2 is 1.69 bits per heavy atom. The second kappa shape index (κ2) is 12.6. The largest absolute Gasteiger partial charge is 0.490 e. The van der Waals surface area contributed by atoms with Crippen LogP contribution in [-0.4, -0.2) is 25.6 Å². The number of hydrogen-bond acceptors (Lipinski definition) is 6. The molecule has 0 aliphatic heterocycles. The van der Waals surface area contributed by atoms with Gasteiger partial charge in [0.1, 0.15) is 18.2 Å². The first kappa shape index (κ1) is 26.5. The van der Waals surface area contributed by atoms with Gasteiger partial charge < -0.3 is 19.5 Å². The fraction of sp³-hybridized carbons (Fsp3) is 0.179. The molecule has 0 bridgehead atoms. The average molecular weight is 549 g/mol. The summed E-state index contributed by atoms with van der Waals surface area (Å²) in [6.07, 6.45) is 1.47. The lowest BCUT2D eigenvalue weighted by Crippen LogP contribution is -2.13. The zero-order valence-corrected chi connectivity index (χ0v) is 21.7. The van der Waals surface area contributed by atoms with Crippen molar-refractivity contribution >= 4 is 39.6 Å². The summed E-state index contributed by atoms with van der Waals surface area (Å²) in [4.78, 5) is 24.3. The second-order valence-corrected chi connectivity index (χ2v) is 8.57. The molecule has 184 valence electrons. The minimum Gasteiger partial charge on any atom is -0.490 e. The molecular weight excluding hydrogens is 524 g/mol. The number of ether oxygens (including phenoxy) is 3. The monoisotopic (exact) mass is 548 g/mol. The molecule has 0 spiro atoms. The Kier molecular flexibility index (Phi) is 9.25. The molecule has 8 heteroatoms. The van der Waals surface area contributed by atoms with Crippen LogP contribution in [0, 0.1) is 18.3 Å². The standard InChI is InChI=1S/C28H25BrN2O5/c1-4-35-25-14-21(24(29)15-26(25)36-17-19-7-5-18(2)6-8-19)13-22(16-30)27(32)31-23-11-9-20(10-12-23)28(33)34-3/h5-15H,4,17H2,1-3H3,(H,31,32)/b22-13+. The van der Waals surface area contributed by atoms with Gasteiger partial charge in [-0.1, -0.05) is 45.8 Å². The number of benzene rings is 3. The number of aryl methyl sites for hydroxylation is 1. The van der Waals surface area contributed by atoms with E-state index < -0.39 is 11.9 Å². The van der Waals surface area contributed by atoms with E-state index in [1.54, 1.807) is 24.3 Å². The molecule has 0 saturated heterocycles. The number of anilines is 1. The lowest BCUT2D eigenvalue weighted by atomic mass is 10.1. The van der Waals surface area contributed by atoms with Gasteiger partial charge in [0, 0.05) is 10.2 Å². The van der Waals surface area contributed by atoms with Crippen molar-refractivity contribution in [1.29, 1.82) is 5.26 Å². The highest BCUT2D eigenvalue weighted by Crippen LogP contribution is 2.35. The predicted octanol–water partition coefficient (Wildman–Crippen LogP) is 6.07. The number of rotatable bonds is 9. The number of nitrogens with one attached hydrogen (secondary N) is 1. The second-order valence-electron chi connectivity index (χ2n) is 7.72. The maximum absolute atomic E-state index is 12.7. The van der Waals surface area contributed by atoms with Crippen molar-refractivity contribution in [3.63, 3.8) is 0 Å². The third-order valence-electron chi connectivity index (χ3n) is 5.11. The van der Waals surface area contributed by atoms with Crippen LogP contribution < -0.4 is 14.8 Å². The number of esters is 1. The van der Waals surface area contributed by atoms with E-state index in [-0.39, 0.29) is 5.57 Å². The van der Waals surface area contributed by atoms with E-state index >= 15 is 0 Å². The van der Waals surface area contributed by atoms with Crippen molar-refractivity contribution < 1.29 is 23.8 Å². The van der Waals surface area contributed by atoms with Crippen molar-refractivity contribution in [2.24, 2.45) is 0 Å². The zero-order valence-electron chi connectivity index (χ0n) is 20.1. The molecule has 0 aromatic heterocycles. The summed E-state index contributed by atoms with van der Waals surface area (Å²) in [7, 11) is 1.29. The van der Waals surface area contributed by atoms with Crippen LogP contribution in [0.25, 0.3) is 6.08 Å². The SMILES string of the molecule is CCOc1cc(/C=C(\C#N)C(=O)Nc2ccc(C(=O)OC)cc2)c(Br)cc1OCc1ccc(C)cc1. The Balaban J connectivity index is 1.80. The number of halogens is 1. The van der Waals surface area contributed by atoms with E-state index in [9.17, 15) is 14.9 Å². The van der Waals surface area contributed by atoms with E-state index in [4.69, 9.17) is 9.47 Å². The number of nitriles is 1. The third-order valence-corrected chi connectivity index (χ3v) is 5.79. The summed E-state index contributed by atoms with van der Waals surface area (Å²) in [6, 6.07) is 19.6. The fourth-order valence-corrected chi connectivity index (χ4v) is 3.63. The molecule has 0 atom stereocenters. The quantitative estimate of drug-likeness (QED) is 0.198. The number of carbonyl (C=O) groups excluding carboxylic acids is 2. The highest BCUT2D eigenvalue weighted by molar-refractivity contribution is 9.10. The Morgan fingerprint density at radius 1 is 1.03 bits per heavy atom. The average Bonchev–Trinajstić information content (AvgIpc) is 2.88. The van der Waals surface area contributed by atoms with E-state index in [0.29, 0.717) is 46.0 Å². The maximum atomic E-state index is 12.7. The Labute approximate surface area is 218 Å². The van der Waals surface area contributed by atoms with Crippen molar-refractivity contribution in [1.82, 2.24) is 0 Å². The van der Waals surface area contributed by atoms with Crippen molar-refractivity contribution in [3.05, 3.63) is 93.0 Å². The maximum Gasteiger partial charge on any atom is 0.337 e. The molecule has 3 aromatic rings. The molecular formula is C28H25BrN2O5. The number of amides is 1. The van der Waals surface area contributed by atoms with Crippen LogP contribution in [0.15, 0.2) is 70.7 Å². The minimum absolute atomic E-state index is 0.108. The van der Waals surface area contributed by atoms with Crippen LogP contribution in [-0.2, 0) is 16.1 Å². The van der Waals surface area contributed by atoms with Gasteiger partial charge >= 0.3 is 5.97 Å². The van der Waals surface area contributed by atoms with Gasteiger partial charge in [-0.05, 0) is 67.4 Å². The lowest BCUT2D eigenvalue weighted by Gasteiger charge is -2.14. The summed E-state index contributed by atoms with van der Waals surface area (Å²) in [5.41, 5.74) is 3.44. The van der Waals surface area contributed by atoms with Crippen LogP contribution in [0.5, 0.6) is 11.5 Å². The van der Waals surface area contributed by atoms with Gasteiger partial charge in [-0.25, -0.2) is 4.79 Å². The van der Waals surface area contributed by atoms with Crippen LogP contribution in [0.3, 0.4) is 0 Å². The first-order valence-corrected chi connectivity index (χ1v) is 11.9. The number of nitrogens with zero attached hydrogens (tertiary/aromatic N) is 1. The smallest absolute Gasteiger partial charge is 0.337 e. The van der Waals surface area contributed by atoms with Gasteiger partial charge in [0.15, 0.2) is 11.5 Å². The molecule has 1 N–H and O–H groups in total. The summed E-state index contributed by atoms with van der Waals surface area (Å²) in [6.45, 7) is 4.67. The predicted molar refractivity (Wildman–Crippen MR) is 141 cm³/mol. The summed E-state index contributed by atoms with van der Waals surface area (Å²) in [5.74, 6) is -0.0372. The zero-order chi connectivity index (χ0) is 26.1. The molecule has 0 heterocycles. The molecule has 3 aromatic carbocycles. The van der Waals surface area contributed by atoms with Gasteiger partial charge in [0.2, 0.25) is 0 Å². The number of methoxy groups -OCH3 is 1. The Morgan fingerprint density at radius 3 is 2.31 bits per heavy atom. The number of carbonyl (C=O) groups is 2. The fourth-order valence-electron chi connectivity index (χ4n) is 3.20. The van der Waals surface area contributed by atoms with Gasteiger partial charge in [0.05, 0.1) is 19.3 Å². The highest BCUT2D eigenvalue weighted by atomic mass is 79.9. The molecule has 0 aliphatic carbocycles.